The van der Waals surface area contributed by atoms with E-state index in [4.69, 9.17) is 9.57 Å². The van der Waals surface area contributed by atoms with E-state index in [1.807, 2.05) is 25.8 Å². The van der Waals surface area contributed by atoms with Crippen molar-refractivity contribution in [2.75, 3.05) is 46.4 Å². The van der Waals surface area contributed by atoms with Crippen molar-refractivity contribution in [3.63, 3.8) is 0 Å². The van der Waals surface area contributed by atoms with E-state index in [9.17, 15) is 4.79 Å². The molecule has 0 aliphatic carbocycles. The molecule has 3 N–H and O–H groups in total. The van der Waals surface area contributed by atoms with Crippen LogP contribution in [-0.2, 0) is 9.57 Å². The Morgan fingerprint density at radius 1 is 1.42 bits per heavy atom. The van der Waals surface area contributed by atoms with Crippen molar-refractivity contribution >= 4 is 11.9 Å². The Balaban J connectivity index is 1.78. The zero-order chi connectivity index (χ0) is 18.9. The molecule has 2 aliphatic heterocycles. The average Bonchev–Trinajstić information content (AvgIpc) is 3.29. The van der Waals surface area contributed by atoms with Crippen LogP contribution >= 0.6 is 0 Å². The molecule has 0 spiro atoms. The Morgan fingerprint density at radius 2 is 2.23 bits per heavy atom. The lowest BCUT2D eigenvalue weighted by atomic mass is 10.1. The second-order valence-electron chi connectivity index (χ2n) is 6.85. The van der Waals surface area contributed by atoms with E-state index >= 15 is 0 Å². The Labute approximate surface area is 156 Å². The first-order valence-corrected chi connectivity index (χ1v) is 9.47. The van der Waals surface area contributed by atoms with Crippen LogP contribution in [-0.4, -0.2) is 69.5 Å². The summed E-state index contributed by atoms with van der Waals surface area (Å²) in [5.74, 6) is 1.26. The Bertz CT molecular complexity index is 529. The van der Waals surface area contributed by atoms with Crippen LogP contribution in [0.3, 0.4) is 0 Å². The first-order chi connectivity index (χ1) is 12.5. The molecule has 2 amide bonds. The number of nitrogens with one attached hydrogen (secondary N) is 3. The van der Waals surface area contributed by atoms with Crippen molar-refractivity contribution in [3.05, 3.63) is 11.3 Å². The summed E-state index contributed by atoms with van der Waals surface area (Å²) in [6.45, 7) is 10.6. The number of hydrogen-bond acceptors (Lipinski definition) is 6. The quantitative estimate of drug-likeness (QED) is 0.466. The monoisotopic (exact) mass is 367 g/mol. The number of likely N-dealkylation sites (N-methyl/N-ethyl adjacent to an activating group) is 1. The largest absolute Gasteiger partial charge is 0.478 e. The number of carbonyl (C=O) groups is 1. The molecule has 2 atom stereocenters. The third-order valence-corrected chi connectivity index (χ3v) is 4.88. The third kappa shape index (κ3) is 6.26. The molecule has 2 saturated heterocycles. The number of allylic oxidation sites excluding steroid dienone is 1. The van der Waals surface area contributed by atoms with E-state index in [1.165, 1.54) is 6.42 Å². The van der Waals surface area contributed by atoms with Gasteiger partial charge in [-0.2, -0.15) is 5.06 Å². The minimum Gasteiger partial charge on any atom is -0.478 e. The highest BCUT2D eigenvalue weighted by Crippen LogP contribution is 2.13. The van der Waals surface area contributed by atoms with Crippen molar-refractivity contribution in [2.24, 2.45) is 10.9 Å². The molecule has 148 valence electrons. The molecule has 8 heteroatoms. The van der Waals surface area contributed by atoms with Gasteiger partial charge in [-0.05, 0) is 45.7 Å². The van der Waals surface area contributed by atoms with Crippen molar-refractivity contribution in [2.45, 2.75) is 39.7 Å². The number of hydroxylamine groups is 2. The molecule has 0 aromatic rings. The number of hydrogen-bond donors (Lipinski definition) is 3. The minimum atomic E-state index is -0.235. The van der Waals surface area contributed by atoms with Gasteiger partial charge in [0.25, 0.3) is 0 Å². The topological polar surface area (TPSA) is 87.2 Å². The summed E-state index contributed by atoms with van der Waals surface area (Å²) in [4.78, 5) is 21.9. The van der Waals surface area contributed by atoms with E-state index in [1.54, 1.807) is 7.05 Å². The standard InChI is InChI=1S/C18H33N5O3/c1-5-23-11-16(12-26-23)22-18(24)21-14(3)13(2)17(19-4)25-9-7-15-6-8-20-10-15/h15-16,20H,5-12H2,1-4H3,(H2,21,22,24)/b14-13+,19-17?/t15?,16-/m1/s1. The van der Waals surface area contributed by atoms with Gasteiger partial charge in [-0.1, -0.05) is 6.92 Å². The van der Waals surface area contributed by atoms with Crippen LogP contribution in [0.1, 0.15) is 33.6 Å². The molecule has 2 aliphatic rings. The van der Waals surface area contributed by atoms with Crippen LogP contribution in [0, 0.1) is 5.92 Å². The molecular formula is C18H33N5O3. The average molecular weight is 367 g/mol. The molecule has 8 nitrogen and oxygen atoms in total. The summed E-state index contributed by atoms with van der Waals surface area (Å²) in [5, 5.41) is 11.0. The van der Waals surface area contributed by atoms with Crippen molar-refractivity contribution in [1.29, 1.82) is 0 Å². The van der Waals surface area contributed by atoms with E-state index in [0.717, 1.165) is 37.3 Å². The first-order valence-electron chi connectivity index (χ1n) is 9.47. The molecule has 0 aromatic heterocycles. The van der Waals surface area contributed by atoms with Crippen LogP contribution in [0.2, 0.25) is 0 Å². The predicted octanol–water partition coefficient (Wildman–Crippen LogP) is 1.26. The zero-order valence-electron chi connectivity index (χ0n) is 16.4. The zero-order valence-corrected chi connectivity index (χ0v) is 16.4. The summed E-state index contributed by atoms with van der Waals surface area (Å²) in [7, 11) is 1.71. The van der Waals surface area contributed by atoms with Gasteiger partial charge in [0.15, 0.2) is 0 Å². The van der Waals surface area contributed by atoms with Gasteiger partial charge in [0.05, 0.1) is 19.3 Å². The fourth-order valence-corrected chi connectivity index (χ4v) is 3.12. The predicted molar refractivity (Wildman–Crippen MR) is 102 cm³/mol. The van der Waals surface area contributed by atoms with E-state index in [2.05, 4.69) is 20.9 Å². The maximum Gasteiger partial charge on any atom is 0.319 e. The van der Waals surface area contributed by atoms with Crippen molar-refractivity contribution in [1.82, 2.24) is 21.0 Å². The lowest BCUT2D eigenvalue weighted by Gasteiger charge is -2.16. The van der Waals surface area contributed by atoms with Gasteiger partial charge < -0.3 is 20.7 Å². The van der Waals surface area contributed by atoms with Crippen LogP contribution in [0.15, 0.2) is 16.3 Å². The molecule has 0 radical (unpaired) electrons. The van der Waals surface area contributed by atoms with Crippen LogP contribution < -0.4 is 16.0 Å². The number of carbonyl (C=O) groups excluding carboxylic acids is 1. The van der Waals surface area contributed by atoms with Crippen LogP contribution in [0.25, 0.3) is 0 Å². The fourth-order valence-electron chi connectivity index (χ4n) is 3.12. The number of amides is 2. The van der Waals surface area contributed by atoms with Gasteiger partial charge in [0, 0.05) is 31.4 Å². The van der Waals surface area contributed by atoms with E-state index in [-0.39, 0.29) is 12.1 Å². The molecule has 26 heavy (non-hydrogen) atoms. The fraction of sp³-hybridized carbons (Fsp3) is 0.778. The van der Waals surface area contributed by atoms with Crippen LogP contribution in [0.4, 0.5) is 4.79 Å². The van der Waals surface area contributed by atoms with E-state index in [0.29, 0.717) is 31.6 Å². The molecule has 0 aromatic carbocycles. The highest BCUT2D eigenvalue weighted by atomic mass is 16.7. The number of urea groups is 1. The highest BCUT2D eigenvalue weighted by molar-refractivity contribution is 5.94. The molecular weight excluding hydrogens is 334 g/mol. The number of rotatable bonds is 7. The third-order valence-electron chi connectivity index (χ3n) is 4.88. The molecule has 2 fully saturated rings. The normalized spacial score (nSPS) is 25.2. The number of nitrogens with zero attached hydrogens (tertiary/aromatic N) is 2. The van der Waals surface area contributed by atoms with Gasteiger partial charge in [0.2, 0.25) is 5.90 Å². The molecule has 2 heterocycles. The Morgan fingerprint density at radius 3 is 2.85 bits per heavy atom. The van der Waals surface area contributed by atoms with Crippen LogP contribution in [0.5, 0.6) is 0 Å². The molecule has 0 saturated carbocycles. The summed E-state index contributed by atoms with van der Waals surface area (Å²) in [6, 6.07) is -0.237. The van der Waals surface area contributed by atoms with E-state index < -0.39 is 0 Å². The SMILES string of the molecule is CCN1C[C@@H](NC(=O)N/C(C)=C(\C)C(=NC)OCCC2CCNC2)CO1. The minimum absolute atomic E-state index is 0.00126. The maximum atomic E-state index is 12.2. The van der Waals surface area contributed by atoms with Gasteiger partial charge in [-0.25, -0.2) is 4.79 Å². The van der Waals surface area contributed by atoms with Crippen molar-refractivity contribution in [3.8, 4) is 0 Å². The summed E-state index contributed by atoms with van der Waals surface area (Å²) in [5.41, 5.74) is 1.57. The molecule has 1 unspecified atom stereocenters. The first kappa shape index (κ1) is 20.7. The summed E-state index contributed by atoms with van der Waals surface area (Å²) in [6.07, 6.45) is 2.22. The smallest absolute Gasteiger partial charge is 0.319 e. The van der Waals surface area contributed by atoms with Gasteiger partial charge in [-0.15, -0.1) is 0 Å². The lowest BCUT2D eigenvalue weighted by Crippen LogP contribution is -2.44. The summed E-state index contributed by atoms with van der Waals surface area (Å²) < 4.78 is 5.85. The summed E-state index contributed by atoms with van der Waals surface area (Å²) >= 11 is 0. The maximum absolute atomic E-state index is 12.2. The molecule has 0 bridgehead atoms. The van der Waals surface area contributed by atoms with Gasteiger partial charge in [-0.3, -0.25) is 9.83 Å². The van der Waals surface area contributed by atoms with Gasteiger partial charge in [0.1, 0.15) is 0 Å². The number of aliphatic imine (C=N–C) groups is 1. The highest BCUT2D eigenvalue weighted by Gasteiger charge is 2.24. The van der Waals surface area contributed by atoms with Gasteiger partial charge >= 0.3 is 6.03 Å². The Kier molecular flexibility index (Phi) is 8.34. The number of ether oxygens (including phenoxy) is 1. The van der Waals surface area contributed by atoms with Crippen molar-refractivity contribution < 1.29 is 14.4 Å². The Hall–Kier alpha value is -1.64. The second kappa shape index (κ2) is 10.5. The lowest BCUT2D eigenvalue weighted by molar-refractivity contribution is -0.105. The second-order valence-corrected chi connectivity index (χ2v) is 6.85. The molecule has 2 rings (SSSR count).